The molecule has 0 aliphatic carbocycles. The number of rotatable bonds is 10. The van der Waals surface area contributed by atoms with Crippen LogP contribution in [0.1, 0.15) is 11.1 Å². The molecule has 0 aliphatic heterocycles. The van der Waals surface area contributed by atoms with E-state index < -0.39 is 0 Å². The molecule has 0 aliphatic rings. The average Bonchev–Trinajstić information content (AvgIpc) is 3.74. The lowest BCUT2D eigenvalue weighted by Gasteiger charge is -2.15. The largest absolute Gasteiger partial charge is 0.388 e. The van der Waals surface area contributed by atoms with Crippen molar-refractivity contribution in [2.45, 2.75) is 13.1 Å². The number of benzene rings is 10. The van der Waals surface area contributed by atoms with Gasteiger partial charge >= 0.3 is 0 Å². The molecule has 324 valence electrons. The van der Waals surface area contributed by atoms with Crippen molar-refractivity contribution in [3.63, 3.8) is 0 Å². The SMILES string of the molecule is C=NCc1ccccc1.C=NCc1ccccc1.C=Nc1ccc(-c2cccc3c2c2ccccc2n3-c2cccc(-c3cc4ccccc4c4ccccc34)c2)cc1-c1ccccc1NC. The van der Waals surface area contributed by atoms with Crippen LogP contribution >= 0.6 is 0 Å². The van der Waals surface area contributed by atoms with Crippen LogP contribution in [0.5, 0.6) is 0 Å². The first-order valence-electron chi connectivity index (χ1n) is 22.4. The summed E-state index contributed by atoms with van der Waals surface area (Å²) in [7, 11) is 1.96. The fraction of sp³-hybridized carbons (Fsp3) is 0.0484. The van der Waals surface area contributed by atoms with Gasteiger partial charge in [-0.15, -0.1) is 0 Å². The molecule has 5 heteroatoms. The van der Waals surface area contributed by atoms with Crippen molar-refractivity contribution in [3.05, 3.63) is 236 Å². The van der Waals surface area contributed by atoms with Gasteiger partial charge in [-0.3, -0.25) is 15.0 Å². The predicted molar refractivity (Wildman–Crippen MR) is 290 cm³/mol. The number of nitrogens with zero attached hydrogens (tertiary/aromatic N) is 4. The Labute approximate surface area is 392 Å². The van der Waals surface area contributed by atoms with Gasteiger partial charge in [-0.2, -0.15) is 0 Å². The van der Waals surface area contributed by atoms with Crippen molar-refractivity contribution < 1.29 is 0 Å². The second-order valence-corrected chi connectivity index (χ2v) is 16.2. The summed E-state index contributed by atoms with van der Waals surface area (Å²) < 4.78 is 2.41. The van der Waals surface area contributed by atoms with Crippen LogP contribution in [-0.4, -0.2) is 31.8 Å². The maximum absolute atomic E-state index is 4.40. The number of hydrogen-bond acceptors (Lipinski definition) is 4. The van der Waals surface area contributed by atoms with Gasteiger partial charge in [0.1, 0.15) is 0 Å². The topological polar surface area (TPSA) is 54.0 Å². The van der Waals surface area contributed by atoms with Gasteiger partial charge in [0, 0.05) is 40.3 Å². The van der Waals surface area contributed by atoms with Gasteiger partial charge in [0.05, 0.1) is 29.8 Å². The molecular formula is C62H51N5. The summed E-state index contributed by atoms with van der Waals surface area (Å²) in [6, 6.07) is 79.2. The quantitative estimate of drug-likeness (QED) is 0.108. The molecule has 0 fully saturated rings. The van der Waals surface area contributed by atoms with E-state index in [4.69, 9.17) is 0 Å². The minimum atomic E-state index is 0.723. The van der Waals surface area contributed by atoms with Gasteiger partial charge in [-0.25, -0.2) is 0 Å². The van der Waals surface area contributed by atoms with Crippen molar-refractivity contribution >= 4 is 74.9 Å². The molecule has 11 aromatic rings. The molecule has 1 aromatic heterocycles. The van der Waals surface area contributed by atoms with Crippen LogP contribution in [0.25, 0.3) is 82.4 Å². The van der Waals surface area contributed by atoms with Crippen LogP contribution < -0.4 is 5.32 Å². The Morgan fingerprint density at radius 3 is 1.69 bits per heavy atom. The van der Waals surface area contributed by atoms with Crippen LogP contribution in [-0.2, 0) is 13.1 Å². The van der Waals surface area contributed by atoms with Crippen LogP contribution in [0, 0.1) is 0 Å². The summed E-state index contributed by atoms with van der Waals surface area (Å²) in [6.07, 6.45) is 0. The number of anilines is 1. The van der Waals surface area contributed by atoms with Gasteiger partial charge in [0.25, 0.3) is 0 Å². The number of hydrogen-bond donors (Lipinski definition) is 1. The Balaban J connectivity index is 0.000000261. The van der Waals surface area contributed by atoms with Crippen LogP contribution in [0.4, 0.5) is 11.4 Å². The summed E-state index contributed by atoms with van der Waals surface area (Å²) in [5, 5.41) is 10.9. The smallest absolute Gasteiger partial charge is 0.0701 e. The molecule has 5 nitrogen and oxygen atoms in total. The van der Waals surface area contributed by atoms with E-state index in [-0.39, 0.29) is 0 Å². The highest BCUT2D eigenvalue weighted by atomic mass is 15.0. The molecule has 0 spiro atoms. The van der Waals surface area contributed by atoms with Crippen molar-refractivity contribution in [2.24, 2.45) is 15.0 Å². The Morgan fingerprint density at radius 2 is 0.985 bits per heavy atom. The van der Waals surface area contributed by atoms with E-state index in [9.17, 15) is 0 Å². The fourth-order valence-electron chi connectivity index (χ4n) is 9.06. The molecular weight excluding hydrogens is 815 g/mol. The molecule has 11 rings (SSSR count). The standard InChI is InChI=1S/C46H33N3.2C8H9N/c1-47-42-22-9-7-19-38(42)41-29-32(25-26-43(41)48-2)35-21-12-24-45-46(35)39-20-8-10-23-44(39)49(45)33-15-11-14-30(27-33)40-28-31-13-3-4-16-34(31)36-17-5-6-18-37(36)40;2*1-9-7-8-5-3-2-4-6-8/h3-29,47H,2H2,1H3;2*2-6H,1,7H2. The van der Waals surface area contributed by atoms with Crippen molar-refractivity contribution in [1.82, 2.24) is 4.57 Å². The monoisotopic (exact) mass is 865 g/mol. The van der Waals surface area contributed by atoms with E-state index in [0.29, 0.717) is 0 Å². The number of aromatic nitrogens is 1. The van der Waals surface area contributed by atoms with E-state index in [1.165, 1.54) is 71.2 Å². The summed E-state index contributed by atoms with van der Waals surface area (Å²) in [5.74, 6) is 0. The van der Waals surface area contributed by atoms with Crippen molar-refractivity contribution in [3.8, 4) is 39.1 Å². The van der Waals surface area contributed by atoms with Crippen LogP contribution in [0.3, 0.4) is 0 Å². The maximum Gasteiger partial charge on any atom is 0.0701 e. The molecule has 1 N–H and O–H groups in total. The summed E-state index contributed by atoms with van der Waals surface area (Å²) in [5.41, 5.74) is 14.7. The normalized spacial score (nSPS) is 10.8. The van der Waals surface area contributed by atoms with E-state index in [2.05, 4.69) is 203 Å². The van der Waals surface area contributed by atoms with E-state index in [1.807, 2.05) is 73.8 Å². The number of fused-ring (bicyclic) bond motifs is 6. The minimum absolute atomic E-state index is 0.723. The molecule has 0 unspecified atom stereocenters. The summed E-state index contributed by atoms with van der Waals surface area (Å²) in [4.78, 5) is 11.9. The Bertz CT molecular complexity index is 3470. The van der Waals surface area contributed by atoms with Crippen molar-refractivity contribution in [2.75, 3.05) is 12.4 Å². The highest BCUT2D eigenvalue weighted by Crippen LogP contribution is 2.43. The Hall–Kier alpha value is -8.67. The highest BCUT2D eigenvalue weighted by molar-refractivity contribution is 6.17. The van der Waals surface area contributed by atoms with Gasteiger partial charge in [0.2, 0.25) is 0 Å². The zero-order chi connectivity index (χ0) is 46.0. The molecule has 0 amide bonds. The lowest BCUT2D eigenvalue weighted by atomic mass is 9.93. The van der Waals surface area contributed by atoms with Crippen molar-refractivity contribution in [1.29, 1.82) is 0 Å². The summed E-state index contributed by atoms with van der Waals surface area (Å²) >= 11 is 0. The second-order valence-electron chi connectivity index (χ2n) is 16.2. The minimum Gasteiger partial charge on any atom is -0.388 e. The molecule has 0 bridgehead atoms. The summed E-state index contributed by atoms with van der Waals surface area (Å²) in [6.45, 7) is 12.1. The Morgan fingerprint density at radius 1 is 0.418 bits per heavy atom. The zero-order valence-corrected chi connectivity index (χ0v) is 37.7. The first-order chi connectivity index (χ1) is 33.1. The molecule has 10 aromatic carbocycles. The third kappa shape index (κ3) is 9.17. The van der Waals surface area contributed by atoms with Gasteiger partial charge in [-0.1, -0.05) is 176 Å². The Kier molecular flexibility index (Phi) is 13.3. The highest BCUT2D eigenvalue weighted by Gasteiger charge is 2.18. The molecule has 1 heterocycles. The third-order valence-electron chi connectivity index (χ3n) is 12.1. The third-order valence-corrected chi connectivity index (χ3v) is 12.1. The van der Waals surface area contributed by atoms with Crippen LogP contribution in [0.15, 0.2) is 239 Å². The van der Waals surface area contributed by atoms with Gasteiger partial charge in [0.15, 0.2) is 0 Å². The number of nitrogens with one attached hydrogen (secondary N) is 1. The molecule has 67 heavy (non-hydrogen) atoms. The fourth-order valence-corrected chi connectivity index (χ4v) is 9.06. The first kappa shape index (κ1) is 43.6. The van der Waals surface area contributed by atoms with E-state index in [0.717, 1.165) is 46.8 Å². The van der Waals surface area contributed by atoms with Crippen LogP contribution in [0.2, 0.25) is 0 Å². The second kappa shape index (κ2) is 20.4. The van der Waals surface area contributed by atoms with Gasteiger partial charge in [-0.05, 0) is 124 Å². The van der Waals surface area contributed by atoms with Gasteiger partial charge < -0.3 is 9.88 Å². The first-order valence-corrected chi connectivity index (χ1v) is 22.4. The molecule has 0 saturated heterocycles. The predicted octanol–water partition coefficient (Wildman–Crippen LogP) is 16.2. The van der Waals surface area contributed by atoms with E-state index >= 15 is 0 Å². The lowest BCUT2D eigenvalue weighted by Crippen LogP contribution is -1.95. The van der Waals surface area contributed by atoms with E-state index in [1.54, 1.807) is 0 Å². The molecule has 0 saturated carbocycles. The average molecular weight is 866 g/mol. The number of para-hydroxylation sites is 2. The zero-order valence-electron chi connectivity index (χ0n) is 37.7. The molecule has 0 radical (unpaired) electrons. The molecule has 0 atom stereocenters. The maximum atomic E-state index is 4.40. The number of aliphatic imine (C=N–C) groups is 3. The lowest BCUT2D eigenvalue weighted by molar-refractivity contribution is 1.08.